The van der Waals surface area contributed by atoms with E-state index in [0.29, 0.717) is 17.4 Å². The van der Waals surface area contributed by atoms with Crippen LogP contribution in [0.15, 0.2) is 23.6 Å². The van der Waals surface area contributed by atoms with E-state index in [4.69, 9.17) is 9.47 Å². The molecule has 1 aromatic carbocycles. The Kier molecular flexibility index (Phi) is 5.58. The Morgan fingerprint density at radius 2 is 2.03 bits per heavy atom. The third kappa shape index (κ3) is 4.29. The van der Waals surface area contributed by atoms with Gasteiger partial charge in [0.2, 0.25) is 0 Å². The first-order chi connectivity index (χ1) is 13.9. The highest BCUT2D eigenvalue weighted by Gasteiger charge is 2.34. The molecule has 1 saturated carbocycles. The topological polar surface area (TPSA) is 68.7 Å². The van der Waals surface area contributed by atoms with Crippen LogP contribution in [0.5, 0.6) is 5.75 Å². The second-order valence-corrected chi connectivity index (χ2v) is 9.05. The van der Waals surface area contributed by atoms with Crippen molar-refractivity contribution in [2.75, 3.05) is 11.4 Å². The fourth-order valence-corrected chi connectivity index (χ4v) is 4.55. The van der Waals surface area contributed by atoms with Gasteiger partial charge < -0.3 is 9.47 Å². The SMILES string of the molecule is Cc1nc(-c2ccc3c(c2)N(CC(=O)OC2CCC(C)CC2)C(=O)C(C)O3)cs1. The van der Waals surface area contributed by atoms with Gasteiger partial charge in [0, 0.05) is 10.9 Å². The second-order valence-electron chi connectivity index (χ2n) is 7.99. The molecule has 0 radical (unpaired) electrons. The summed E-state index contributed by atoms with van der Waals surface area (Å²) in [6.45, 7) is 5.77. The summed E-state index contributed by atoms with van der Waals surface area (Å²) in [5, 5.41) is 2.95. The van der Waals surface area contributed by atoms with Gasteiger partial charge in [-0.2, -0.15) is 0 Å². The van der Waals surface area contributed by atoms with Crippen LogP contribution in [0.4, 0.5) is 5.69 Å². The van der Waals surface area contributed by atoms with E-state index in [-0.39, 0.29) is 24.5 Å². The molecular weight excluding hydrogens is 388 g/mol. The number of hydrogen-bond acceptors (Lipinski definition) is 6. The first kappa shape index (κ1) is 19.9. The number of aromatic nitrogens is 1. The Hall–Kier alpha value is -2.41. The van der Waals surface area contributed by atoms with Gasteiger partial charge in [0.1, 0.15) is 18.4 Å². The van der Waals surface area contributed by atoms with Crippen LogP contribution in [0.25, 0.3) is 11.3 Å². The molecule has 1 aromatic heterocycles. The monoisotopic (exact) mass is 414 g/mol. The van der Waals surface area contributed by atoms with Crippen LogP contribution in [-0.2, 0) is 14.3 Å². The number of carbonyl (C=O) groups excluding carboxylic acids is 2. The standard InChI is InChI=1S/C22H26N2O4S/c1-13-4-7-17(8-5-13)28-21(25)11-24-19-10-16(18-12-29-15(3)23-18)6-9-20(19)27-14(2)22(24)26/h6,9-10,12-14,17H,4-5,7-8,11H2,1-3H3. The third-order valence-corrected chi connectivity index (χ3v) is 6.40. The molecule has 0 saturated heterocycles. The molecule has 0 N–H and O–H groups in total. The quantitative estimate of drug-likeness (QED) is 0.696. The summed E-state index contributed by atoms with van der Waals surface area (Å²) in [7, 11) is 0. The average molecular weight is 415 g/mol. The summed E-state index contributed by atoms with van der Waals surface area (Å²) in [5.41, 5.74) is 2.32. The summed E-state index contributed by atoms with van der Waals surface area (Å²) < 4.78 is 11.4. The molecule has 7 heteroatoms. The molecule has 2 aromatic rings. The van der Waals surface area contributed by atoms with Gasteiger partial charge in [-0.25, -0.2) is 4.98 Å². The second kappa shape index (κ2) is 8.14. The number of nitrogens with zero attached hydrogens (tertiary/aromatic N) is 2. The zero-order valence-corrected chi connectivity index (χ0v) is 17.8. The van der Waals surface area contributed by atoms with E-state index in [1.807, 2.05) is 30.5 Å². The lowest BCUT2D eigenvalue weighted by Gasteiger charge is -2.33. The van der Waals surface area contributed by atoms with Gasteiger partial charge in [0.05, 0.1) is 16.4 Å². The Bertz CT molecular complexity index is 917. The zero-order valence-electron chi connectivity index (χ0n) is 17.0. The fourth-order valence-electron chi connectivity index (χ4n) is 3.93. The summed E-state index contributed by atoms with van der Waals surface area (Å²) >= 11 is 1.57. The van der Waals surface area contributed by atoms with E-state index >= 15 is 0 Å². The zero-order chi connectivity index (χ0) is 20.5. The molecule has 1 fully saturated rings. The molecule has 1 aliphatic carbocycles. The maximum atomic E-state index is 12.8. The van der Waals surface area contributed by atoms with Gasteiger partial charge in [0.25, 0.3) is 5.91 Å². The Balaban J connectivity index is 1.55. The summed E-state index contributed by atoms with van der Waals surface area (Å²) in [6, 6.07) is 5.63. The van der Waals surface area contributed by atoms with E-state index in [2.05, 4.69) is 11.9 Å². The van der Waals surface area contributed by atoms with E-state index in [9.17, 15) is 9.59 Å². The Labute approximate surface area is 174 Å². The molecular formula is C22H26N2O4S. The van der Waals surface area contributed by atoms with Crippen molar-refractivity contribution in [3.8, 4) is 17.0 Å². The van der Waals surface area contributed by atoms with E-state index < -0.39 is 6.10 Å². The van der Waals surface area contributed by atoms with Crippen LogP contribution in [-0.4, -0.2) is 35.6 Å². The van der Waals surface area contributed by atoms with Crippen LogP contribution < -0.4 is 9.64 Å². The maximum absolute atomic E-state index is 12.8. The minimum Gasteiger partial charge on any atom is -0.479 e. The predicted molar refractivity (Wildman–Crippen MR) is 112 cm³/mol. The highest BCUT2D eigenvalue weighted by atomic mass is 32.1. The molecule has 1 unspecified atom stereocenters. The van der Waals surface area contributed by atoms with Gasteiger partial charge in [-0.05, 0) is 63.6 Å². The molecule has 4 rings (SSSR count). The molecule has 2 aliphatic rings. The Morgan fingerprint density at radius 1 is 1.28 bits per heavy atom. The minimum absolute atomic E-state index is 0.0453. The van der Waals surface area contributed by atoms with Gasteiger partial charge in [-0.15, -0.1) is 11.3 Å². The minimum atomic E-state index is -0.641. The molecule has 0 spiro atoms. The summed E-state index contributed by atoms with van der Waals surface area (Å²) in [5.74, 6) is 0.671. The number of amides is 1. The number of aryl methyl sites for hydroxylation is 1. The van der Waals surface area contributed by atoms with E-state index in [1.165, 1.54) is 4.90 Å². The van der Waals surface area contributed by atoms with Gasteiger partial charge >= 0.3 is 5.97 Å². The molecule has 1 atom stereocenters. The smallest absolute Gasteiger partial charge is 0.326 e. The number of benzene rings is 1. The lowest BCUT2D eigenvalue weighted by molar-refractivity contribution is -0.150. The van der Waals surface area contributed by atoms with Crippen molar-refractivity contribution in [1.82, 2.24) is 4.98 Å². The van der Waals surface area contributed by atoms with Crippen molar-refractivity contribution in [3.63, 3.8) is 0 Å². The average Bonchev–Trinajstić information content (AvgIpc) is 3.13. The van der Waals surface area contributed by atoms with E-state index in [0.717, 1.165) is 41.9 Å². The predicted octanol–water partition coefficient (Wildman–Crippen LogP) is 4.35. The fraction of sp³-hybridized carbons (Fsp3) is 0.500. The molecule has 1 aliphatic heterocycles. The maximum Gasteiger partial charge on any atom is 0.326 e. The molecule has 154 valence electrons. The van der Waals surface area contributed by atoms with Crippen LogP contribution in [0.2, 0.25) is 0 Å². The van der Waals surface area contributed by atoms with Gasteiger partial charge in [-0.1, -0.05) is 6.92 Å². The molecule has 0 bridgehead atoms. The molecule has 29 heavy (non-hydrogen) atoms. The van der Waals surface area contributed by atoms with E-state index in [1.54, 1.807) is 18.3 Å². The van der Waals surface area contributed by atoms with Crippen molar-refractivity contribution < 1.29 is 19.1 Å². The molecule has 1 amide bonds. The van der Waals surface area contributed by atoms with Crippen LogP contribution in [0.3, 0.4) is 0 Å². The molecule has 6 nitrogen and oxygen atoms in total. The van der Waals surface area contributed by atoms with Crippen molar-refractivity contribution in [2.24, 2.45) is 5.92 Å². The van der Waals surface area contributed by atoms with Crippen LogP contribution >= 0.6 is 11.3 Å². The largest absolute Gasteiger partial charge is 0.479 e. The lowest BCUT2D eigenvalue weighted by atomic mass is 9.89. The number of thiazole rings is 1. The first-order valence-corrected chi connectivity index (χ1v) is 11.0. The van der Waals surface area contributed by atoms with Crippen molar-refractivity contribution in [2.45, 2.75) is 58.7 Å². The highest BCUT2D eigenvalue weighted by Crippen LogP contribution is 2.38. The number of esters is 1. The lowest BCUT2D eigenvalue weighted by Crippen LogP contribution is -2.47. The Morgan fingerprint density at radius 3 is 2.72 bits per heavy atom. The number of carbonyl (C=O) groups is 2. The van der Waals surface area contributed by atoms with Crippen molar-refractivity contribution >= 4 is 28.9 Å². The first-order valence-electron chi connectivity index (χ1n) is 10.1. The number of ether oxygens (including phenoxy) is 2. The number of fused-ring (bicyclic) bond motifs is 1. The van der Waals surface area contributed by atoms with Gasteiger partial charge in [0.15, 0.2) is 6.10 Å². The normalized spacial score (nSPS) is 24.0. The van der Waals surface area contributed by atoms with Crippen molar-refractivity contribution in [3.05, 3.63) is 28.6 Å². The number of hydrogen-bond donors (Lipinski definition) is 0. The number of anilines is 1. The van der Waals surface area contributed by atoms with Gasteiger partial charge in [-0.3, -0.25) is 14.5 Å². The number of rotatable bonds is 4. The van der Waals surface area contributed by atoms with Crippen LogP contribution in [0, 0.1) is 12.8 Å². The highest BCUT2D eigenvalue weighted by molar-refractivity contribution is 7.09. The summed E-state index contributed by atoms with van der Waals surface area (Å²) in [4.78, 5) is 31.4. The molecule has 2 heterocycles. The summed E-state index contributed by atoms with van der Waals surface area (Å²) in [6.07, 6.45) is 3.25. The third-order valence-electron chi connectivity index (χ3n) is 5.63. The van der Waals surface area contributed by atoms with Crippen LogP contribution in [0.1, 0.15) is 44.5 Å². The van der Waals surface area contributed by atoms with Crippen molar-refractivity contribution in [1.29, 1.82) is 0 Å².